The number of amides is 2. The second-order valence-corrected chi connectivity index (χ2v) is 1.62. The number of imide groups is 1. The zero-order valence-electron chi connectivity index (χ0n) is 6.14. The molecular formula is C6H11NO3. The van der Waals surface area contributed by atoms with Gasteiger partial charge >= 0.3 is 6.09 Å². The summed E-state index contributed by atoms with van der Waals surface area (Å²) in [5.41, 5.74) is 0. The van der Waals surface area contributed by atoms with Crippen LogP contribution in [0.2, 0.25) is 0 Å². The highest BCUT2D eigenvalue weighted by Gasteiger charge is 2.03. The first-order chi connectivity index (χ1) is 4.70. The summed E-state index contributed by atoms with van der Waals surface area (Å²) < 4.78 is 4.44. The van der Waals surface area contributed by atoms with Crippen LogP contribution in [0.25, 0.3) is 0 Å². The van der Waals surface area contributed by atoms with Gasteiger partial charge in [0.1, 0.15) is 0 Å². The van der Waals surface area contributed by atoms with Gasteiger partial charge in [0.05, 0.1) is 6.61 Å². The maximum atomic E-state index is 10.5. The number of carbonyl (C=O) groups is 2. The minimum Gasteiger partial charge on any atom is -0.450 e. The Balaban J connectivity index is 3.47. The van der Waals surface area contributed by atoms with Crippen molar-refractivity contribution in [3.63, 3.8) is 0 Å². The van der Waals surface area contributed by atoms with Gasteiger partial charge in [0.15, 0.2) is 0 Å². The Morgan fingerprint density at radius 3 is 2.40 bits per heavy atom. The van der Waals surface area contributed by atoms with Gasteiger partial charge in [-0.15, -0.1) is 0 Å². The predicted molar refractivity (Wildman–Crippen MR) is 35.5 cm³/mol. The standard InChI is InChI=1S/C6H11NO3/c1-3-5(8)7-6(9)10-4-2/h3-4H2,1-2H3,(H,7,8,9). The molecule has 0 bridgehead atoms. The van der Waals surface area contributed by atoms with E-state index in [1.54, 1.807) is 13.8 Å². The Labute approximate surface area is 59.6 Å². The fourth-order valence-corrected chi connectivity index (χ4v) is 0.369. The third kappa shape index (κ3) is 3.88. The Morgan fingerprint density at radius 2 is 2.00 bits per heavy atom. The summed E-state index contributed by atoms with van der Waals surface area (Å²) in [6.45, 7) is 3.62. The number of hydrogen-bond acceptors (Lipinski definition) is 3. The SMILES string of the molecule is CCOC(=O)NC(=O)CC. The lowest BCUT2D eigenvalue weighted by Crippen LogP contribution is -2.30. The van der Waals surface area contributed by atoms with E-state index in [2.05, 4.69) is 4.74 Å². The molecule has 0 aromatic rings. The highest BCUT2D eigenvalue weighted by atomic mass is 16.5. The second kappa shape index (κ2) is 4.78. The van der Waals surface area contributed by atoms with E-state index in [0.29, 0.717) is 6.42 Å². The van der Waals surface area contributed by atoms with Crippen LogP contribution < -0.4 is 5.32 Å². The topological polar surface area (TPSA) is 55.4 Å². The van der Waals surface area contributed by atoms with Crippen LogP contribution in [0.1, 0.15) is 20.3 Å². The van der Waals surface area contributed by atoms with E-state index in [0.717, 1.165) is 0 Å². The normalized spacial score (nSPS) is 8.60. The lowest BCUT2D eigenvalue weighted by molar-refractivity contribution is -0.120. The largest absolute Gasteiger partial charge is 0.450 e. The van der Waals surface area contributed by atoms with Crippen LogP contribution >= 0.6 is 0 Å². The van der Waals surface area contributed by atoms with E-state index in [4.69, 9.17) is 0 Å². The van der Waals surface area contributed by atoms with E-state index in [-0.39, 0.29) is 12.5 Å². The molecule has 0 spiro atoms. The molecule has 0 aromatic heterocycles. The molecule has 0 saturated carbocycles. The highest BCUT2D eigenvalue weighted by molar-refractivity contribution is 5.91. The first-order valence-electron chi connectivity index (χ1n) is 3.17. The van der Waals surface area contributed by atoms with Crippen LogP contribution in [0.3, 0.4) is 0 Å². The maximum absolute atomic E-state index is 10.5. The summed E-state index contributed by atoms with van der Waals surface area (Å²) in [4.78, 5) is 20.9. The monoisotopic (exact) mass is 145 g/mol. The summed E-state index contributed by atoms with van der Waals surface area (Å²) >= 11 is 0. The summed E-state index contributed by atoms with van der Waals surface area (Å²) in [7, 11) is 0. The van der Waals surface area contributed by atoms with Crippen LogP contribution in [-0.4, -0.2) is 18.6 Å². The van der Waals surface area contributed by atoms with Gasteiger partial charge in [-0.25, -0.2) is 4.79 Å². The van der Waals surface area contributed by atoms with Crippen molar-refractivity contribution < 1.29 is 14.3 Å². The molecule has 0 radical (unpaired) electrons. The minimum atomic E-state index is -0.672. The third-order valence-corrected chi connectivity index (χ3v) is 0.838. The molecule has 0 aromatic carbocycles. The van der Waals surface area contributed by atoms with Crippen LogP contribution in [0.5, 0.6) is 0 Å². The molecule has 4 nitrogen and oxygen atoms in total. The van der Waals surface area contributed by atoms with Gasteiger partial charge in [0.25, 0.3) is 0 Å². The van der Waals surface area contributed by atoms with Crippen molar-refractivity contribution in [1.82, 2.24) is 5.32 Å². The van der Waals surface area contributed by atoms with Crippen LogP contribution in [0.4, 0.5) is 4.79 Å². The van der Waals surface area contributed by atoms with Crippen LogP contribution in [0.15, 0.2) is 0 Å². The smallest absolute Gasteiger partial charge is 0.413 e. The highest BCUT2D eigenvalue weighted by Crippen LogP contribution is 1.79. The zero-order valence-corrected chi connectivity index (χ0v) is 6.14. The molecule has 2 amide bonds. The molecule has 1 N–H and O–H groups in total. The molecule has 0 atom stereocenters. The summed E-state index contributed by atoms with van der Waals surface area (Å²) in [6, 6.07) is 0. The lowest BCUT2D eigenvalue weighted by atomic mass is 10.5. The van der Waals surface area contributed by atoms with Crippen molar-refractivity contribution in [3.05, 3.63) is 0 Å². The molecule has 0 saturated heterocycles. The first-order valence-corrected chi connectivity index (χ1v) is 3.17. The second-order valence-electron chi connectivity index (χ2n) is 1.62. The molecule has 0 unspecified atom stereocenters. The molecule has 0 aliphatic rings. The van der Waals surface area contributed by atoms with Gasteiger partial charge in [-0.3, -0.25) is 10.1 Å². The van der Waals surface area contributed by atoms with Crippen molar-refractivity contribution in [2.24, 2.45) is 0 Å². The fraction of sp³-hybridized carbons (Fsp3) is 0.667. The zero-order chi connectivity index (χ0) is 7.98. The van der Waals surface area contributed by atoms with Gasteiger partial charge in [-0.05, 0) is 6.92 Å². The van der Waals surface area contributed by atoms with Gasteiger partial charge < -0.3 is 4.74 Å². The van der Waals surface area contributed by atoms with E-state index in [1.165, 1.54) is 0 Å². The summed E-state index contributed by atoms with van der Waals surface area (Å²) in [5.74, 6) is -0.321. The van der Waals surface area contributed by atoms with Gasteiger partial charge in [-0.2, -0.15) is 0 Å². The average molecular weight is 145 g/mol. The predicted octanol–water partition coefficient (Wildman–Crippen LogP) is 0.669. The molecule has 0 rings (SSSR count). The number of nitrogens with one attached hydrogen (secondary N) is 1. The van der Waals surface area contributed by atoms with Crippen molar-refractivity contribution in [3.8, 4) is 0 Å². The number of hydrogen-bond donors (Lipinski definition) is 1. The Bertz CT molecular complexity index is 133. The van der Waals surface area contributed by atoms with E-state index in [9.17, 15) is 9.59 Å². The summed E-state index contributed by atoms with van der Waals surface area (Å²) in [6.07, 6.45) is -0.381. The minimum absolute atomic E-state index is 0.281. The molecule has 0 aliphatic heterocycles. The Hall–Kier alpha value is -1.06. The van der Waals surface area contributed by atoms with Crippen molar-refractivity contribution in [1.29, 1.82) is 0 Å². The Kier molecular flexibility index (Phi) is 4.28. The average Bonchev–Trinajstić information content (AvgIpc) is 1.88. The number of ether oxygens (including phenoxy) is 1. The van der Waals surface area contributed by atoms with Gasteiger partial charge in [0.2, 0.25) is 5.91 Å². The summed E-state index contributed by atoms with van der Waals surface area (Å²) in [5, 5.41) is 2.03. The van der Waals surface area contributed by atoms with Crippen molar-refractivity contribution in [2.45, 2.75) is 20.3 Å². The Morgan fingerprint density at radius 1 is 1.40 bits per heavy atom. The molecule has 0 fully saturated rings. The first kappa shape index (κ1) is 8.94. The molecule has 58 valence electrons. The third-order valence-electron chi connectivity index (χ3n) is 0.838. The molecule has 10 heavy (non-hydrogen) atoms. The van der Waals surface area contributed by atoms with E-state index >= 15 is 0 Å². The van der Waals surface area contributed by atoms with E-state index in [1.807, 2.05) is 5.32 Å². The fourth-order valence-electron chi connectivity index (χ4n) is 0.369. The lowest BCUT2D eigenvalue weighted by Gasteiger charge is -2.00. The van der Waals surface area contributed by atoms with Crippen molar-refractivity contribution >= 4 is 12.0 Å². The van der Waals surface area contributed by atoms with Gasteiger partial charge in [0, 0.05) is 6.42 Å². The van der Waals surface area contributed by atoms with Crippen LogP contribution in [-0.2, 0) is 9.53 Å². The quantitative estimate of drug-likeness (QED) is 0.621. The van der Waals surface area contributed by atoms with Gasteiger partial charge in [-0.1, -0.05) is 6.92 Å². The van der Waals surface area contributed by atoms with Crippen LogP contribution in [0, 0.1) is 0 Å². The molecule has 0 aliphatic carbocycles. The number of rotatable bonds is 2. The molecule has 4 heteroatoms. The van der Waals surface area contributed by atoms with Crippen molar-refractivity contribution in [2.75, 3.05) is 6.61 Å². The van der Waals surface area contributed by atoms with E-state index < -0.39 is 6.09 Å². The number of alkyl carbamates (subject to hydrolysis) is 1. The molecular weight excluding hydrogens is 134 g/mol. The maximum Gasteiger partial charge on any atom is 0.413 e. The molecule has 0 heterocycles. The number of carbonyl (C=O) groups excluding carboxylic acids is 2.